The Kier molecular flexibility index (Phi) is 1.58. The molecule has 0 radical (unpaired) electrons. The minimum atomic E-state index is 1.03. The Morgan fingerprint density at radius 1 is 1.88 bits per heavy atom. The fourth-order valence-electron chi connectivity index (χ4n) is 0.595. The SMILES string of the molecule is CC[n+]1cnsc1C. The van der Waals surface area contributed by atoms with E-state index in [1.165, 1.54) is 5.01 Å². The van der Waals surface area contributed by atoms with Crippen molar-refractivity contribution in [3.8, 4) is 0 Å². The van der Waals surface area contributed by atoms with Crippen molar-refractivity contribution in [2.75, 3.05) is 0 Å². The second-order valence-electron chi connectivity index (χ2n) is 1.62. The van der Waals surface area contributed by atoms with Crippen LogP contribution in [0.1, 0.15) is 11.9 Å². The Morgan fingerprint density at radius 3 is 2.88 bits per heavy atom. The van der Waals surface area contributed by atoms with Crippen molar-refractivity contribution in [3.05, 3.63) is 11.3 Å². The monoisotopic (exact) mass is 129 g/mol. The molecule has 0 aliphatic rings. The van der Waals surface area contributed by atoms with Gasteiger partial charge >= 0.3 is 6.33 Å². The van der Waals surface area contributed by atoms with E-state index in [4.69, 9.17) is 0 Å². The molecule has 0 saturated carbocycles. The predicted octanol–water partition coefficient (Wildman–Crippen LogP) is 0.759. The van der Waals surface area contributed by atoms with Crippen molar-refractivity contribution in [1.82, 2.24) is 4.37 Å². The van der Waals surface area contributed by atoms with Gasteiger partial charge in [0, 0.05) is 11.3 Å². The van der Waals surface area contributed by atoms with Crippen molar-refractivity contribution in [2.24, 2.45) is 0 Å². The summed E-state index contributed by atoms with van der Waals surface area (Å²) < 4.78 is 6.11. The zero-order valence-electron chi connectivity index (χ0n) is 5.09. The smallest absolute Gasteiger partial charge is 0.222 e. The van der Waals surface area contributed by atoms with E-state index in [0.717, 1.165) is 6.54 Å². The number of aromatic nitrogens is 2. The van der Waals surface area contributed by atoms with Crippen LogP contribution in [0.4, 0.5) is 0 Å². The van der Waals surface area contributed by atoms with Crippen LogP contribution in [-0.2, 0) is 6.54 Å². The summed E-state index contributed by atoms with van der Waals surface area (Å²) in [6.07, 6.45) is 1.86. The third-order valence-electron chi connectivity index (χ3n) is 1.12. The minimum absolute atomic E-state index is 1.03. The topological polar surface area (TPSA) is 16.8 Å². The standard InChI is InChI=1S/C5H9N2S/c1-3-7-4-6-8-5(7)2/h4H,3H2,1-2H3/q+1. The highest BCUT2D eigenvalue weighted by atomic mass is 32.1. The number of rotatable bonds is 1. The average Bonchev–Trinajstić information content (AvgIpc) is 2.14. The minimum Gasteiger partial charge on any atom is -0.222 e. The predicted molar refractivity (Wildman–Crippen MR) is 32.7 cm³/mol. The molecule has 0 saturated heterocycles. The lowest BCUT2D eigenvalue weighted by Gasteiger charge is -1.84. The summed E-state index contributed by atoms with van der Waals surface area (Å²) >= 11 is 1.54. The highest BCUT2D eigenvalue weighted by Gasteiger charge is 2.01. The second-order valence-corrected chi connectivity index (χ2v) is 2.60. The Bertz CT molecular complexity index is 171. The molecule has 1 aromatic rings. The number of hydrogen-bond donors (Lipinski definition) is 0. The maximum atomic E-state index is 4.00. The third kappa shape index (κ3) is 0.865. The molecule has 2 nitrogen and oxygen atoms in total. The van der Waals surface area contributed by atoms with Gasteiger partial charge in [-0.3, -0.25) is 0 Å². The molecule has 0 N–H and O–H groups in total. The van der Waals surface area contributed by atoms with E-state index in [1.54, 1.807) is 11.5 Å². The van der Waals surface area contributed by atoms with Crippen LogP contribution in [0, 0.1) is 6.92 Å². The van der Waals surface area contributed by atoms with Gasteiger partial charge in [-0.2, -0.15) is 0 Å². The fraction of sp³-hybridized carbons (Fsp3) is 0.600. The molecule has 1 heterocycles. The molecule has 1 rings (SSSR count). The molecular weight excluding hydrogens is 120 g/mol. The van der Waals surface area contributed by atoms with E-state index in [0.29, 0.717) is 0 Å². The van der Waals surface area contributed by atoms with Gasteiger partial charge in [-0.1, -0.05) is 0 Å². The molecule has 0 bridgehead atoms. The first-order valence-electron chi connectivity index (χ1n) is 2.65. The van der Waals surface area contributed by atoms with E-state index in [-0.39, 0.29) is 0 Å². The number of aryl methyl sites for hydroxylation is 2. The molecule has 0 aliphatic carbocycles. The van der Waals surface area contributed by atoms with Gasteiger partial charge in [-0.25, -0.2) is 4.57 Å². The number of nitrogens with zero attached hydrogens (tertiary/aromatic N) is 2. The van der Waals surface area contributed by atoms with E-state index in [1.807, 2.05) is 6.33 Å². The summed E-state index contributed by atoms with van der Waals surface area (Å²) in [6.45, 7) is 5.21. The summed E-state index contributed by atoms with van der Waals surface area (Å²) in [5.41, 5.74) is 0. The van der Waals surface area contributed by atoms with Gasteiger partial charge in [0.1, 0.15) is 11.5 Å². The van der Waals surface area contributed by atoms with Gasteiger partial charge in [-0.05, 0) is 6.92 Å². The first kappa shape index (κ1) is 5.69. The summed E-state index contributed by atoms with van der Waals surface area (Å²) in [7, 11) is 0. The molecule has 0 aliphatic heterocycles. The summed E-state index contributed by atoms with van der Waals surface area (Å²) in [4.78, 5) is 0. The van der Waals surface area contributed by atoms with Gasteiger partial charge in [0.2, 0.25) is 0 Å². The van der Waals surface area contributed by atoms with Crippen LogP contribution < -0.4 is 4.57 Å². The quantitative estimate of drug-likeness (QED) is 0.511. The number of hydrogen-bond acceptors (Lipinski definition) is 2. The lowest BCUT2D eigenvalue weighted by atomic mass is 10.7. The average molecular weight is 129 g/mol. The summed E-state index contributed by atoms with van der Waals surface area (Å²) in [5.74, 6) is 0. The lowest BCUT2D eigenvalue weighted by molar-refractivity contribution is -0.696. The molecule has 0 spiro atoms. The van der Waals surface area contributed by atoms with Crippen LogP contribution in [0.15, 0.2) is 6.33 Å². The fourth-order valence-corrected chi connectivity index (χ4v) is 1.19. The Morgan fingerprint density at radius 2 is 2.62 bits per heavy atom. The first-order chi connectivity index (χ1) is 3.84. The van der Waals surface area contributed by atoms with Crippen molar-refractivity contribution in [3.63, 3.8) is 0 Å². The summed E-state index contributed by atoms with van der Waals surface area (Å²) in [5, 5.41) is 1.27. The zero-order chi connectivity index (χ0) is 5.98. The van der Waals surface area contributed by atoms with Crippen LogP contribution in [0.3, 0.4) is 0 Å². The van der Waals surface area contributed by atoms with Gasteiger partial charge in [0.25, 0.3) is 0 Å². The van der Waals surface area contributed by atoms with E-state index < -0.39 is 0 Å². The molecule has 8 heavy (non-hydrogen) atoms. The van der Waals surface area contributed by atoms with Crippen LogP contribution in [0.25, 0.3) is 0 Å². The van der Waals surface area contributed by atoms with Crippen LogP contribution in [-0.4, -0.2) is 4.37 Å². The van der Waals surface area contributed by atoms with Crippen molar-refractivity contribution in [2.45, 2.75) is 20.4 Å². The Labute approximate surface area is 53.0 Å². The Hall–Kier alpha value is -0.440. The van der Waals surface area contributed by atoms with E-state index in [9.17, 15) is 0 Å². The van der Waals surface area contributed by atoms with E-state index in [2.05, 4.69) is 22.8 Å². The molecule has 1 aromatic heterocycles. The van der Waals surface area contributed by atoms with Crippen molar-refractivity contribution >= 4 is 11.5 Å². The van der Waals surface area contributed by atoms with Crippen LogP contribution >= 0.6 is 11.5 Å². The maximum absolute atomic E-state index is 4.00. The summed E-state index contributed by atoms with van der Waals surface area (Å²) in [6, 6.07) is 0. The first-order valence-corrected chi connectivity index (χ1v) is 3.42. The highest BCUT2D eigenvalue weighted by Crippen LogP contribution is 1.91. The normalized spacial score (nSPS) is 9.75. The molecule has 0 unspecified atom stereocenters. The van der Waals surface area contributed by atoms with Gasteiger partial charge in [-0.15, -0.1) is 0 Å². The molecular formula is C5H9N2S+. The molecule has 0 atom stereocenters. The third-order valence-corrected chi connectivity index (χ3v) is 1.81. The van der Waals surface area contributed by atoms with Gasteiger partial charge in [0.15, 0.2) is 5.01 Å². The van der Waals surface area contributed by atoms with Crippen LogP contribution in [0.2, 0.25) is 0 Å². The second kappa shape index (κ2) is 2.22. The lowest BCUT2D eigenvalue weighted by Crippen LogP contribution is -2.31. The highest BCUT2D eigenvalue weighted by molar-refractivity contribution is 7.04. The van der Waals surface area contributed by atoms with Crippen LogP contribution in [0.5, 0.6) is 0 Å². The Balaban J connectivity index is 2.92. The molecule has 0 amide bonds. The van der Waals surface area contributed by atoms with Crippen molar-refractivity contribution < 1.29 is 4.57 Å². The van der Waals surface area contributed by atoms with E-state index >= 15 is 0 Å². The largest absolute Gasteiger partial charge is 0.302 e. The van der Waals surface area contributed by atoms with Gasteiger partial charge in [0.05, 0.1) is 6.54 Å². The molecule has 0 fully saturated rings. The zero-order valence-corrected chi connectivity index (χ0v) is 5.90. The molecule has 3 heteroatoms. The molecule has 0 aromatic carbocycles. The van der Waals surface area contributed by atoms with Gasteiger partial charge < -0.3 is 0 Å². The molecule has 44 valence electrons. The maximum Gasteiger partial charge on any atom is 0.302 e. The van der Waals surface area contributed by atoms with Crippen molar-refractivity contribution in [1.29, 1.82) is 0 Å².